The molecule has 0 heterocycles. The molecule has 0 atom stereocenters. The summed E-state index contributed by atoms with van der Waals surface area (Å²) >= 11 is 0. The largest absolute Gasteiger partial charge is 0.416 e. The van der Waals surface area contributed by atoms with Gasteiger partial charge in [-0.3, -0.25) is 0 Å². The lowest BCUT2D eigenvalue weighted by molar-refractivity contribution is -0.138. The van der Waals surface area contributed by atoms with Crippen molar-refractivity contribution in [2.45, 2.75) is 44.5 Å². The molecule has 1 aliphatic carbocycles. The third-order valence-electron chi connectivity index (χ3n) is 3.85. The van der Waals surface area contributed by atoms with Crippen molar-refractivity contribution in [2.24, 2.45) is 0 Å². The van der Waals surface area contributed by atoms with E-state index in [1.54, 1.807) is 6.07 Å². The second-order valence-electron chi connectivity index (χ2n) is 5.05. The molecule has 1 aliphatic rings. The average Bonchev–Trinajstić information content (AvgIpc) is 2.90. The lowest BCUT2D eigenvalue weighted by Crippen LogP contribution is -2.29. The molecule has 0 aromatic heterocycles. The van der Waals surface area contributed by atoms with Crippen molar-refractivity contribution >= 4 is 5.69 Å². The van der Waals surface area contributed by atoms with Crippen molar-refractivity contribution in [1.82, 2.24) is 0 Å². The normalized spacial score (nSPS) is 16.9. The monoisotopic (exact) mass is 273 g/mol. The maximum Gasteiger partial charge on any atom is 0.416 e. The van der Waals surface area contributed by atoms with Crippen molar-refractivity contribution in [3.8, 4) is 0 Å². The molecule has 1 aromatic rings. The van der Waals surface area contributed by atoms with Gasteiger partial charge in [-0.2, -0.15) is 13.2 Å². The number of alkyl halides is 3. The Morgan fingerprint density at radius 2 is 1.89 bits per heavy atom. The van der Waals surface area contributed by atoms with Gasteiger partial charge in [0.15, 0.2) is 0 Å². The summed E-state index contributed by atoms with van der Waals surface area (Å²) < 4.78 is 38.8. The number of hydrogen-bond donors (Lipinski definition) is 1. The van der Waals surface area contributed by atoms with Gasteiger partial charge in [0, 0.05) is 18.8 Å². The van der Waals surface area contributed by atoms with Crippen LogP contribution in [0.4, 0.5) is 18.9 Å². The molecule has 0 amide bonds. The second-order valence-corrected chi connectivity index (χ2v) is 5.05. The van der Waals surface area contributed by atoms with Gasteiger partial charge in [-0.1, -0.05) is 18.9 Å². The van der Waals surface area contributed by atoms with E-state index in [2.05, 4.69) is 0 Å². The standard InChI is InChI=1S/C14H18F3NO/c1-18(11-4-2-3-5-11)12-7-6-10(9-19)13(8-12)14(15,16)17/h6-8,11,19H,2-5,9H2,1H3. The fraction of sp³-hybridized carbons (Fsp3) is 0.571. The van der Waals surface area contributed by atoms with E-state index in [1.165, 1.54) is 6.07 Å². The van der Waals surface area contributed by atoms with Crippen molar-refractivity contribution in [3.05, 3.63) is 29.3 Å². The Kier molecular flexibility index (Phi) is 4.04. The lowest BCUT2D eigenvalue weighted by Gasteiger charge is -2.27. The Morgan fingerprint density at radius 3 is 2.42 bits per heavy atom. The van der Waals surface area contributed by atoms with Gasteiger partial charge in [0.2, 0.25) is 0 Å². The summed E-state index contributed by atoms with van der Waals surface area (Å²) in [4.78, 5) is 1.92. The molecule has 1 saturated carbocycles. The minimum atomic E-state index is -4.43. The summed E-state index contributed by atoms with van der Waals surface area (Å²) in [6, 6.07) is 4.48. The number of hydrogen-bond acceptors (Lipinski definition) is 2. The lowest BCUT2D eigenvalue weighted by atomic mass is 10.1. The quantitative estimate of drug-likeness (QED) is 0.910. The molecule has 19 heavy (non-hydrogen) atoms. The average molecular weight is 273 g/mol. The number of nitrogens with zero attached hydrogens (tertiary/aromatic N) is 1. The van der Waals surface area contributed by atoms with E-state index in [9.17, 15) is 13.2 Å². The highest BCUT2D eigenvalue weighted by Crippen LogP contribution is 2.36. The van der Waals surface area contributed by atoms with E-state index in [0.717, 1.165) is 31.7 Å². The van der Waals surface area contributed by atoms with Crippen LogP contribution in [-0.4, -0.2) is 18.2 Å². The molecule has 2 rings (SSSR count). The summed E-state index contributed by atoms with van der Waals surface area (Å²) in [6.07, 6.45) is -0.102. The van der Waals surface area contributed by atoms with Crippen LogP contribution in [0.15, 0.2) is 18.2 Å². The molecule has 0 spiro atoms. The first-order chi connectivity index (χ1) is 8.93. The molecule has 0 radical (unpaired) electrons. The van der Waals surface area contributed by atoms with Crippen molar-refractivity contribution in [2.75, 3.05) is 11.9 Å². The van der Waals surface area contributed by atoms with E-state index in [-0.39, 0.29) is 5.56 Å². The zero-order valence-corrected chi connectivity index (χ0v) is 10.9. The first kappa shape index (κ1) is 14.2. The fourth-order valence-corrected chi connectivity index (χ4v) is 2.69. The topological polar surface area (TPSA) is 23.5 Å². The van der Waals surface area contributed by atoms with Crippen LogP contribution in [0.5, 0.6) is 0 Å². The number of aliphatic hydroxyl groups is 1. The molecule has 1 N–H and O–H groups in total. The first-order valence-electron chi connectivity index (χ1n) is 6.47. The number of rotatable bonds is 3. The fourth-order valence-electron chi connectivity index (χ4n) is 2.69. The van der Waals surface area contributed by atoms with Gasteiger partial charge >= 0.3 is 6.18 Å². The Bertz CT molecular complexity index is 439. The van der Waals surface area contributed by atoms with Gasteiger partial charge in [-0.15, -0.1) is 0 Å². The highest BCUT2D eigenvalue weighted by atomic mass is 19.4. The van der Waals surface area contributed by atoms with Gasteiger partial charge in [0.1, 0.15) is 0 Å². The third kappa shape index (κ3) is 3.03. The highest BCUT2D eigenvalue weighted by Gasteiger charge is 2.34. The Morgan fingerprint density at radius 1 is 1.26 bits per heavy atom. The van der Waals surface area contributed by atoms with Crippen LogP contribution in [-0.2, 0) is 12.8 Å². The van der Waals surface area contributed by atoms with Crippen LogP contribution in [0.2, 0.25) is 0 Å². The van der Waals surface area contributed by atoms with Gasteiger partial charge in [-0.05, 0) is 30.5 Å². The van der Waals surface area contributed by atoms with Crippen LogP contribution < -0.4 is 4.90 Å². The van der Waals surface area contributed by atoms with E-state index in [0.29, 0.717) is 11.7 Å². The minimum absolute atomic E-state index is 0.0731. The predicted octanol–water partition coefficient (Wildman–Crippen LogP) is 3.58. The van der Waals surface area contributed by atoms with Gasteiger partial charge in [-0.25, -0.2) is 0 Å². The van der Waals surface area contributed by atoms with Crippen molar-refractivity contribution < 1.29 is 18.3 Å². The molecule has 0 unspecified atom stereocenters. The molecule has 2 nitrogen and oxygen atoms in total. The molecule has 106 valence electrons. The van der Waals surface area contributed by atoms with Gasteiger partial charge < -0.3 is 10.0 Å². The molecular weight excluding hydrogens is 255 g/mol. The minimum Gasteiger partial charge on any atom is -0.392 e. The van der Waals surface area contributed by atoms with Crippen LogP contribution in [0, 0.1) is 0 Å². The van der Waals surface area contributed by atoms with Crippen molar-refractivity contribution in [3.63, 3.8) is 0 Å². The van der Waals surface area contributed by atoms with Crippen LogP contribution in [0.1, 0.15) is 36.8 Å². The number of anilines is 1. The smallest absolute Gasteiger partial charge is 0.392 e. The van der Waals surface area contributed by atoms with Crippen LogP contribution in [0.3, 0.4) is 0 Å². The summed E-state index contributed by atoms with van der Waals surface area (Å²) in [5.41, 5.74) is -0.246. The summed E-state index contributed by atoms with van der Waals surface area (Å²) in [6.45, 7) is -0.595. The van der Waals surface area contributed by atoms with E-state index < -0.39 is 18.3 Å². The third-order valence-corrected chi connectivity index (χ3v) is 3.85. The predicted molar refractivity (Wildman–Crippen MR) is 68.0 cm³/mol. The van der Waals surface area contributed by atoms with Crippen LogP contribution >= 0.6 is 0 Å². The Hall–Kier alpha value is -1.23. The van der Waals surface area contributed by atoms with Crippen molar-refractivity contribution in [1.29, 1.82) is 0 Å². The first-order valence-corrected chi connectivity index (χ1v) is 6.47. The van der Waals surface area contributed by atoms with E-state index in [4.69, 9.17) is 5.11 Å². The number of benzene rings is 1. The van der Waals surface area contributed by atoms with Gasteiger partial charge in [0.05, 0.1) is 12.2 Å². The molecule has 1 fully saturated rings. The molecular formula is C14H18F3NO. The maximum absolute atomic E-state index is 12.9. The Labute approximate surface area is 110 Å². The summed E-state index contributed by atoms with van der Waals surface area (Å²) in [5, 5.41) is 9.01. The zero-order chi connectivity index (χ0) is 14.0. The van der Waals surface area contributed by atoms with Gasteiger partial charge in [0.25, 0.3) is 0 Å². The molecule has 0 bridgehead atoms. The SMILES string of the molecule is CN(c1ccc(CO)c(C(F)(F)F)c1)C1CCCC1. The number of aliphatic hydroxyl groups excluding tert-OH is 1. The zero-order valence-electron chi connectivity index (χ0n) is 10.9. The Balaban J connectivity index is 2.31. The second kappa shape index (κ2) is 5.41. The van der Waals surface area contributed by atoms with Crippen LogP contribution in [0.25, 0.3) is 0 Å². The highest BCUT2D eigenvalue weighted by molar-refractivity contribution is 5.52. The number of halogens is 3. The molecule has 5 heteroatoms. The molecule has 0 aliphatic heterocycles. The molecule has 1 aromatic carbocycles. The maximum atomic E-state index is 12.9. The summed E-state index contributed by atoms with van der Waals surface area (Å²) in [5.74, 6) is 0. The summed E-state index contributed by atoms with van der Waals surface area (Å²) in [7, 11) is 1.84. The van der Waals surface area contributed by atoms with E-state index >= 15 is 0 Å². The van der Waals surface area contributed by atoms with E-state index in [1.807, 2.05) is 11.9 Å². The molecule has 0 saturated heterocycles.